The van der Waals surface area contributed by atoms with E-state index in [0.29, 0.717) is 13.2 Å². The highest BCUT2D eigenvalue weighted by atomic mass is 16.5. The molecule has 0 fully saturated rings. The molecule has 2 heterocycles. The van der Waals surface area contributed by atoms with Gasteiger partial charge in [0.2, 0.25) is 0 Å². The largest absolute Gasteiger partial charge is 0.494 e. The molecule has 0 bridgehead atoms. The van der Waals surface area contributed by atoms with E-state index in [4.69, 9.17) is 4.74 Å². The van der Waals surface area contributed by atoms with Crippen LogP contribution in [0.1, 0.15) is 35.3 Å². The number of carbonyl (C=O) groups is 1. The third-order valence-corrected chi connectivity index (χ3v) is 6.12. The van der Waals surface area contributed by atoms with Crippen molar-refractivity contribution in [2.45, 2.75) is 26.4 Å². The highest BCUT2D eigenvalue weighted by molar-refractivity contribution is 5.90. The Hall–Kier alpha value is -3.99. The van der Waals surface area contributed by atoms with E-state index in [1.54, 1.807) is 0 Å². The van der Waals surface area contributed by atoms with Gasteiger partial charge in [-0.3, -0.25) is 0 Å². The number of amides is 2. The third kappa shape index (κ3) is 3.98. The third-order valence-electron chi connectivity index (χ3n) is 6.12. The number of hydrogen-bond donors (Lipinski definition) is 1. The van der Waals surface area contributed by atoms with Crippen molar-refractivity contribution in [1.82, 2.24) is 9.47 Å². The average Bonchev–Trinajstić information content (AvgIpc) is 3.26. The first-order valence-electron chi connectivity index (χ1n) is 11.3. The van der Waals surface area contributed by atoms with Crippen molar-refractivity contribution in [3.05, 3.63) is 114 Å². The van der Waals surface area contributed by atoms with Crippen LogP contribution in [0.25, 0.3) is 5.69 Å². The summed E-state index contributed by atoms with van der Waals surface area (Å²) in [7, 11) is 0. The molecule has 1 aliphatic rings. The van der Waals surface area contributed by atoms with Crippen LogP contribution in [0.15, 0.2) is 91.1 Å². The highest BCUT2D eigenvalue weighted by Gasteiger charge is 2.33. The molecule has 0 saturated heterocycles. The lowest BCUT2D eigenvalue weighted by Crippen LogP contribution is -2.38. The maximum atomic E-state index is 13.7. The molecule has 1 N–H and O–H groups in total. The smallest absolute Gasteiger partial charge is 0.322 e. The van der Waals surface area contributed by atoms with Gasteiger partial charge in [-0.15, -0.1) is 0 Å². The number of urea groups is 1. The number of nitrogens with one attached hydrogen (secondary N) is 1. The summed E-state index contributed by atoms with van der Waals surface area (Å²) >= 11 is 0. The van der Waals surface area contributed by atoms with E-state index in [0.717, 1.165) is 39.5 Å². The number of benzene rings is 3. The Bertz CT molecular complexity index is 1280. The molecule has 0 unspecified atom stereocenters. The van der Waals surface area contributed by atoms with Gasteiger partial charge in [-0.2, -0.15) is 0 Å². The molecular weight excluding hydrogens is 410 g/mol. The number of anilines is 1. The van der Waals surface area contributed by atoms with Crippen LogP contribution in [-0.4, -0.2) is 22.1 Å². The maximum absolute atomic E-state index is 13.7. The first-order valence-corrected chi connectivity index (χ1v) is 11.3. The van der Waals surface area contributed by atoms with Crippen molar-refractivity contribution >= 4 is 11.7 Å². The van der Waals surface area contributed by atoms with Crippen molar-refractivity contribution in [1.29, 1.82) is 0 Å². The second-order valence-corrected chi connectivity index (χ2v) is 8.21. The molecule has 5 rings (SSSR count). The Morgan fingerprint density at radius 2 is 1.73 bits per heavy atom. The molecule has 0 saturated carbocycles. The quantitative estimate of drug-likeness (QED) is 0.406. The van der Waals surface area contributed by atoms with Crippen LogP contribution in [0.5, 0.6) is 5.75 Å². The van der Waals surface area contributed by atoms with Crippen molar-refractivity contribution in [3.63, 3.8) is 0 Å². The highest BCUT2D eigenvalue weighted by Crippen LogP contribution is 2.38. The maximum Gasteiger partial charge on any atom is 0.322 e. The lowest BCUT2D eigenvalue weighted by atomic mass is 9.97. The first-order chi connectivity index (χ1) is 16.2. The van der Waals surface area contributed by atoms with Crippen molar-refractivity contribution in [3.8, 4) is 11.4 Å². The van der Waals surface area contributed by atoms with E-state index in [1.165, 1.54) is 0 Å². The number of aryl methyl sites for hydroxylation is 1. The summed E-state index contributed by atoms with van der Waals surface area (Å²) in [5, 5.41) is 3.10. The molecular formula is C28H27N3O2. The number of para-hydroxylation sites is 1. The number of aromatic nitrogens is 1. The van der Waals surface area contributed by atoms with Crippen LogP contribution < -0.4 is 10.1 Å². The summed E-state index contributed by atoms with van der Waals surface area (Å²) in [4.78, 5) is 15.7. The first kappa shape index (κ1) is 20.9. The molecule has 33 heavy (non-hydrogen) atoms. The molecule has 1 aliphatic heterocycles. The van der Waals surface area contributed by atoms with Gasteiger partial charge in [0.1, 0.15) is 11.8 Å². The van der Waals surface area contributed by atoms with E-state index in [1.807, 2.05) is 66.4 Å². The Kier molecular flexibility index (Phi) is 5.61. The Labute approximate surface area is 194 Å². The summed E-state index contributed by atoms with van der Waals surface area (Å²) in [5.74, 6) is 0.787. The molecule has 0 spiro atoms. The minimum absolute atomic E-state index is 0.142. The zero-order valence-corrected chi connectivity index (χ0v) is 18.9. The number of rotatable bonds is 4. The van der Waals surface area contributed by atoms with Gasteiger partial charge in [0.25, 0.3) is 0 Å². The van der Waals surface area contributed by atoms with Crippen LogP contribution in [0.4, 0.5) is 10.5 Å². The molecule has 0 aliphatic carbocycles. The lowest BCUT2D eigenvalue weighted by molar-refractivity contribution is 0.194. The van der Waals surface area contributed by atoms with Crippen molar-refractivity contribution < 1.29 is 9.53 Å². The molecule has 166 valence electrons. The van der Waals surface area contributed by atoms with Gasteiger partial charge < -0.3 is 19.5 Å². The summed E-state index contributed by atoms with van der Waals surface area (Å²) in [5.41, 5.74) is 6.28. The van der Waals surface area contributed by atoms with E-state index in [9.17, 15) is 4.79 Å². The molecule has 1 atom stereocenters. The van der Waals surface area contributed by atoms with Gasteiger partial charge in [-0.05, 0) is 73.0 Å². The fourth-order valence-electron chi connectivity index (χ4n) is 4.56. The van der Waals surface area contributed by atoms with E-state index >= 15 is 0 Å². The van der Waals surface area contributed by atoms with Crippen LogP contribution in [0.2, 0.25) is 0 Å². The van der Waals surface area contributed by atoms with Gasteiger partial charge in [0.15, 0.2) is 0 Å². The number of hydrogen-bond acceptors (Lipinski definition) is 2. The molecule has 3 aromatic carbocycles. The van der Waals surface area contributed by atoms with Crippen molar-refractivity contribution in [2.75, 3.05) is 11.9 Å². The van der Waals surface area contributed by atoms with E-state index in [2.05, 4.69) is 53.3 Å². The number of nitrogens with zero attached hydrogens (tertiary/aromatic N) is 2. The fraction of sp³-hybridized carbons (Fsp3) is 0.179. The summed E-state index contributed by atoms with van der Waals surface area (Å²) in [6.07, 6.45) is 2.08. The predicted molar refractivity (Wildman–Crippen MR) is 131 cm³/mol. The molecule has 5 nitrogen and oxygen atoms in total. The second kappa shape index (κ2) is 8.87. The second-order valence-electron chi connectivity index (χ2n) is 8.21. The normalized spacial score (nSPS) is 14.7. The van der Waals surface area contributed by atoms with Gasteiger partial charge >= 0.3 is 6.03 Å². The lowest BCUT2D eigenvalue weighted by Gasteiger charge is -2.32. The molecule has 5 heteroatoms. The van der Waals surface area contributed by atoms with E-state index < -0.39 is 0 Å². The van der Waals surface area contributed by atoms with Gasteiger partial charge in [0, 0.05) is 17.6 Å². The minimum Gasteiger partial charge on any atom is -0.494 e. The topological polar surface area (TPSA) is 46.5 Å². The number of ether oxygens (including phenoxy) is 1. The number of fused-ring (bicyclic) bond motifs is 3. The predicted octanol–water partition coefficient (Wildman–Crippen LogP) is 6.32. The van der Waals surface area contributed by atoms with Gasteiger partial charge in [0.05, 0.1) is 18.8 Å². The zero-order valence-electron chi connectivity index (χ0n) is 18.9. The summed E-state index contributed by atoms with van der Waals surface area (Å²) in [6.45, 7) is 5.16. The minimum atomic E-state index is -0.226. The van der Waals surface area contributed by atoms with Gasteiger partial charge in [-0.1, -0.05) is 42.5 Å². The summed E-state index contributed by atoms with van der Waals surface area (Å²) in [6, 6.07) is 27.9. The average molecular weight is 438 g/mol. The Morgan fingerprint density at radius 3 is 2.52 bits per heavy atom. The summed E-state index contributed by atoms with van der Waals surface area (Å²) < 4.78 is 7.74. The van der Waals surface area contributed by atoms with Crippen LogP contribution in [0.3, 0.4) is 0 Å². The molecule has 0 radical (unpaired) electrons. The Morgan fingerprint density at radius 1 is 0.970 bits per heavy atom. The van der Waals surface area contributed by atoms with Crippen LogP contribution >= 0.6 is 0 Å². The molecule has 1 aromatic heterocycles. The number of carbonyl (C=O) groups excluding carboxylic acids is 1. The SMILES string of the molecule is CCOc1ccc(NC(=O)N2Cc3ccccc3-n3cccc3[C@@H]2c2ccccc2C)cc1. The standard InChI is InChI=1S/C28H27N3O2/c1-3-33-23-16-14-22(15-17-23)29-28(32)31-19-21-10-5-7-12-25(21)30-18-8-13-26(30)27(31)24-11-6-4-9-20(24)2/h4-18,27H,3,19H2,1-2H3,(H,29,32)/t27-/m0/s1. The fourth-order valence-corrected chi connectivity index (χ4v) is 4.56. The van der Waals surface area contributed by atoms with E-state index in [-0.39, 0.29) is 12.1 Å². The van der Waals surface area contributed by atoms with Crippen molar-refractivity contribution in [2.24, 2.45) is 0 Å². The van der Waals surface area contributed by atoms with Crippen LogP contribution in [-0.2, 0) is 6.54 Å². The molecule has 2 amide bonds. The Balaban J connectivity index is 1.57. The van der Waals surface area contributed by atoms with Crippen LogP contribution in [0, 0.1) is 6.92 Å². The molecule has 4 aromatic rings. The zero-order chi connectivity index (χ0) is 22.8. The van der Waals surface area contributed by atoms with Gasteiger partial charge in [-0.25, -0.2) is 4.79 Å². The monoisotopic (exact) mass is 437 g/mol.